The smallest absolute Gasteiger partial charge is 0.166 e. The van der Waals surface area contributed by atoms with E-state index in [0.29, 0.717) is 5.69 Å². The van der Waals surface area contributed by atoms with Gasteiger partial charge in [-0.1, -0.05) is 0 Å². The Morgan fingerprint density at radius 1 is 1.44 bits per heavy atom. The second-order valence-corrected chi connectivity index (χ2v) is 4.38. The lowest BCUT2D eigenvalue weighted by Gasteiger charge is -2.13. The first-order valence-corrected chi connectivity index (χ1v) is 5.90. The van der Waals surface area contributed by atoms with Crippen LogP contribution in [0.4, 0.5) is 5.69 Å². The molecule has 18 heavy (non-hydrogen) atoms. The summed E-state index contributed by atoms with van der Waals surface area (Å²) in [6, 6.07) is 6.10. The van der Waals surface area contributed by atoms with Gasteiger partial charge in [-0.2, -0.15) is 5.26 Å². The van der Waals surface area contributed by atoms with E-state index in [1.165, 1.54) is 0 Å². The van der Waals surface area contributed by atoms with Gasteiger partial charge in [0.1, 0.15) is 11.9 Å². The van der Waals surface area contributed by atoms with Gasteiger partial charge in [-0.15, -0.1) is 0 Å². The summed E-state index contributed by atoms with van der Waals surface area (Å²) in [4.78, 5) is 6.42. The first-order valence-electron chi connectivity index (χ1n) is 5.90. The molecular formula is C13H17N5. The molecule has 0 bridgehead atoms. The molecule has 2 aromatic rings. The molecular weight excluding hydrogens is 226 g/mol. The van der Waals surface area contributed by atoms with Crippen molar-refractivity contribution in [3.63, 3.8) is 0 Å². The zero-order valence-corrected chi connectivity index (χ0v) is 10.9. The summed E-state index contributed by atoms with van der Waals surface area (Å²) in [5, 5.41) is 12.2. The maximum atomic E-state index is 9.10. The SMILES string of the molecule is CNCCc1nc(C#N)c2ccc(N(C)C)cn12. The molecule has 0 spiro atoms. The number of nitriles is 1. The Bertz CT molecular complexity index is 591. The van der Waals surface area contributed by atoms with Crippen molar-refractivity contribution < 1.29 is 0 Å². The van der Waals surface area contributed by atoms with Crippen LogP contribution < -0.4 is 10.2 Å². The summed E-state index contributed by atoms with van der Waals surface area (Å²) in [7, 11) is 5.90. The number of nitrogens with one attached hydrogen (secondary N) is 1. The molecule has 0 aromatic carbocycles. The Balaban J connectivity index is 2.55. The van der Waals surface area contributed by atoms with Crippen LogP contribution >= 0.6 is 0 Å². The van der Waals surface area contributed by atoms with Crippen LogP contribution in [0.15, 0.2) is 18.3 Å². The fourth-order valence-electron chi connectivity index (χ4n) is 1.90. The Morgan fingerprint density at radius 2 is 2.22 bits per heavy atom. The van der Waals surface area contributed by atoms with Crippen LogP contribution in [0, 0.1) is 11.3 Å². The molecule has 94 valence electrons. The summed E-state index contributed by atoms with van der Waals surface area (Å²) >= 11 is 0. The van der Waals surface area contributed by atoms with Crippen molar-refractivity contribution in [2.75, 3.05) is 32.6 Å². The van der Waals surface area contributed by atoms with E-state index in [0.717, 1.165) is 30.0 Å². The Hall–Kier alpha value is -2.06. The Kier molecular flexibility index (Phi) is 3.49. The molecule has 0 saturated carbocycles. The molecule has 0 saturated heterocycles. The highest BCUT2D eigenvalue weighted by molar-refractivity contribution is 5.62. The second kappa shape index (κ2) is 5.07. The van der Waals surface area contributed by atoms with Gasteiger partial charge in [0, 0.05) is 33.3 Å². The van der Waals surface area contributed by atoms with Gasteiger partial charge in [-0.25, -0.2) is 4.98 Å². The normalized spacial score (nSPS) is 10.6. The lowest BCUT2D eigenvalue weighted by atomic mass is 10.3. The fraction of sp³-hybridized carbons (Fsp3) is 0.385. The van der Waals surface area contributed by atoms with Gasteiger partial charge in [0.15, 0.2) is 5.69 Å². The topological polar surface area (TPSA) is 56.4 Å². The third-order valence-electron chi connectivity index (χ3n) is 2.92. The molecule has 0 fully saturated rings. The number of imidazole rings is 1. The number of aromatic nitrogens is 2. The zero-order valence-electron chi connectivity index (χ0n) is 10.9. The molecule has 0 aliphatic heterocycles. The maximum absolute atomic E-state index is 9.10. The third kappa shape index (κ3) is 2.15. The molecule has 1 N–H and O–H groups in total. The van der Waals surface area contributed by atoms with Gasteiger partial charge in [0.25, 0.3) is 0 Å². The van der Waals surface area contributed by atoms with E-state index in [2.05, 4.69) is 16.4 Å². The van der Waals surface area contributed by atoms with Gasteiger partial charge in [0.05, 0.1) is 11.2 Å². The quantitative estimate of drug-likeness (QED) is 0.871. The van der Waals surface area contributed by atoms with Crippen LogP contribution in [-0.2, 0) is 6.42 Å². The van der Waals surface area contributed by atoms with E-state index >= 15 is 0 Å². The highest BCUT2D eigenvalue weighted by atomic mass is 15.1. The summed E-state index contributed by atoms with van der Waals surface area (Å²) < 4.78 is 2.01. The van der Waals surface area contributed by atoms with Crippen LogP contribution in [0.2, 0.25) is 0 Å². The minimum Gasteiger partial charge on any atom is -0.376 e. The predicted octanol–water partition coefficient (Wildman–Crippen LogP) is 1.03. The van der Waals surface area contributed by atoms with Crippen molar-refractivity contribution in [2.24, 2.45) is 0 Å². The van der Waals surface area contributed by atoms with Crippen LogP contribution in [-0.4, -0.2) is 37.1 Å². The maximum Gasteiger partial charge on any atom is 0.166 e. The minimum absolute atomic E-state index is 0.492. The standard InChI is InChI=1S/C13H17N5/c1-15-7-6-13-16-11(8-14)12-5-4-10(17(2)3)9-18(12)13/h4-5,9,15H,6-7H2,1-3H3. The molecule has 0 radical (unpaired) electrons. The van der Waals surface area contributed by atoms with E-state index in [4.69, 9.17) is 5.26 Å². The number of likely N-dealkylation sites (N-methyl/N-ethyl adjacent to an activating group) is 1. The first-order chi connectivity index (χ1) is 8.67. The summed E-state index contributed by atoms with van der Waals surface area (Å²) in [6.07, 6.45) is 2.82. The van der Waals surface area contributed by atoms with Gasteiger partial charge < -0.3 is 14.6 Å². The Labute approximate surface area is 107 Å². The lowest BCUT2D eigenvalue weighted by molar-refractivity contribution is 0.752. The molecule has 0 unspecified atom stereocenters. The Morgan fingerprint density at radius 3 is 2.83 bits per heavy atom. The molecule has 5 heteroatoms. The molecule has 2 rings (SSSR count). The summed E-state index contributed by atoms with van der Waals surface area (Å²) in [6.45, 7) is 0.843. The molecule has 0 aliphatic rings. The number of rotatable bonds is 4. The van der Waals surface area contributed by atoms with Crippen LogP contribution in [0.1, 0.15) is 11.5 Å². The fourth-order valence-corrected chi connectivity index (χ4v) is 1.90. The van der Waals surface area contributed by atoms with Gasteiger partial charge in [0.2, 0.25) is 0 Å². The molecule has 0 aliphatic carbocycles. The monoisotopic (exact) mass is 243 g/mol. The van der Waals surface area contributed by atoms with E-state index in [9.17, 15) is 0 Å². The van der Waals surface area contributed by atoms with E-state index in [1.54, 1.807) is 0 Å². The molecule has 2 heterocycles. The molecule has 0 amide bonds. The van der Waals surface area contributed by atoms with E-state index in [-0.39, 0.29) is 0 Å². The van der Waals surface area contributed by atoms with Gasteiger partial charge in [-0.05, 0) is 19.2 Å². The molecule has 5 nitrogen and oxygen atoms in total. The lowest BCUT2D eigenvalue weighted by Crippen LogP contribution is -2.13. The number of anilines is 1. The summed E-state index contributed by atoms with van der Waals surface area (Å²) in [5.41, 5.74) is 2.45. The minimum atomic E-state index is 0.492. The average Bonchev–Trinajstić information content (AvgIpc) is 2.73. The average molecular weight is 243 g/mol. The first kappa shape index (κ1) is 12.4. The van der Waals surface area contributed by atoms with E-state index < -0.39 is 0 Å². The highest BCUT2D eigenvalue weighted by Gasteiger charge is 2.11. The van der Waals surface area contributed by atoms with Crippen molar-refractivity contribution in [3.8, 4) is 6.07 Å². The van der Waals surface area contributed by atoms with Crippen molar-refractivity contribution in [3.05, 3.63) is 29.8 Å². The van der Waals surface area contributed by atoms with Crippen molar-refractivity contribution in [2.45, 2.75) is 6.42 Å². The number of pyridine rings is 1. The van der Waals surface area contributed by atoms with Gasteiger partial charge >= 0.3 is 0 Å². The largest absolute Gasteiger partial charge is 0.376 e. The van der Waals surface area contributed by atoms with Crippen LogP contribution in [0.25, 0.3) is 5.52 Å². The number of hydrogen-bond acceptors (Lipinski definition) is 4. The second-order valence-electron chi connectivity index (χ2n) is 4.38. The van der Waals surface area contributed by atoms with Gasteiger partial charge in [-0.3, -0.25) is 0 Å². The highest BCUT2D eigenvalue weighted by Crippen LogP contribution is 2.18. The van der Waals surface area contributed by atoms with Crippen molar-refractivity contribution in [1.29, 1.82) is 5.26 Å². The van der Waals surface area contributed by atoms with Crippen molar-refractivity contribution >= 4 is 11.2 Å². The molecule has 2 aromatic heterocycles. The summed E-state index contributed by atoms with van der Waals surface area (Å²) in [5.74, 6) is 0.916. The number of hydrogen-bond donors (Lipinski definition) is 1. The molecule has 0 atom stereocenters. The third-order valence-corrected chi connectivity index (χ3v) is 2.92. The predicted molar refractivity (Wildman–Crippen MR) is 71.9 cm³/mol. The van der Waals surface area contributed by atoms with Crippen LogP contribution in [0.3, 0.4) is 0 Å². The van der Waals surface area contributed by atoms with E-state index in [1.807, 2.05) is 48.8 Å². The number of fused-ring (bicyclic) bond motifs is 1. The van der Waals surface area contributed by atoms with Crippen LogP contribution in [0.5, 0.6) is 0 Å². The van der Waals surface area contributed by atoms with Crippen molar-refractivity contribution in [1.82, 2.24) is 14.7 Å². The zero-order chi connectivity index (χ0) is 13.1. The number of nitrogens with zero attached hydrogens (tertiary/aromatic N) is 4.